The van der Waals surface area contributed by atoms with E-state index in [9.17, 15) is 4.79 Å². The number of hydrogen-bond donors (Lipinski definition) is 1. The van der Waals surface area contributed by atoms with Crippen molar-refractivity contribution in [3.8, 4) is 17.3 Å². The largest absolute Gasteiger partial charge is 0.438 e. The minimum Gasteiger partial charge on any atom is -0.438 e. The Balaban J connectivity index is 1.59. The van der Waals surface area contributed by atoms with Crippen LogP contribution in [-0.4, -0.2) is 15.7 Å². The van der Waals surface area contributed by atoms with Gasteiger partial charge in [0.2, 0.25) is 11.8 Å². The zero-order valence-electron chi connectivity index (χ0n) is 19.3. The van der Waals surface area contributed by atoms with Gasteiger partial charge < -0.3 is 10.1 Å². The molecule has 4 aromatic rings. The van der Waals surface area contributed by atoms with Crippen molar-refractivity contribution in [1.29, 1.82) is 0 Å². The predicted octanol–water partition coefficient (Wildman–Crippen LogP) is 5.84. The predicted molar refractivity (Wildman–Crippen MR) is 131 cm³/mol. The van der Waals surface area contributed by atoms with E-state index < -0.39 is 0 Å². The van der Waals surface area contributed by atoms with Gasteiger partial charge in [0.05, 0.1) is 11.4 Å². The van der Waals surface area contributed by atoms with Gasteiger partial charge in [-0.05, 0) is 56.0 Å². The summed E-state index contributed by atoms with van der Waals surface area (Å²) in [5.41, 5.74) is 5.98. The second kappa shape index (κ2) is 10.2. The number of nitrogens with zero attached hydrogens (tertiary/aromatic N) is 2. The van der Waals surface area contributed by atoms with E-state index in [0.717, 1.165) is 39.4 Å². The molecule has 0 fully saturated rings. The Labute approximate surface area is 195 Å². The van der Waals surface area contributed by atoms with Gasteiger partial charge in [0.25, 0.3) is 0 Å². The van der Waals surface area contributed by atoms with Crippen LogP contribution in [0, 0.1) is 20.8 Å². The molecule has 33 heavy (non-hydrogen) atoms. The van der Waals surface area contributed by atoms with Crippen molar-refractivity contribution >= 4 is 5.91 Å². The second-order valence-electron chi connectivity index (χ2n) is 8.20. The minimum absolute atomic E-state index is 0.00346. The SMILES string of the molecule is Cc1ccccc1Oc1c(CCC(=O)NCc2ccccc2)c(C)nn1-c1ccccc1C. The molecular weight excluding hydrogens is 410 g/mol. The molecule has 5 heteroatoms. The number of carbonyl (C=O) groups is 1. The van der Waals surface area contributed by atoms with E-state index >= 15 is 0 Å². The third-order valence-electron chi connectivity index (χ3n) is 5.72. The lowest BCUT2D eigenvalue weighted by Gasteiger charge is -2.14. The highest BCUT2D eigenvalue weighted by atomic mass is 16.5. The van der Waals surface area contributed by atoms with Gasteiger partial charge in [-0.1, -0.05) is 66.7 Å². The van der Waals surface area contributed by atoms with E-state index in [-0.39, 0.29) is 5.91 Å². The van der Waals surface area contributed by atoms with Crippen molar-refractivity contribution in [2.24, 2.45) is 0 Å². The first kappa shape index (κ1) is 22.3. The third-order valence-corrected chi connectivity index (χ3v) is 5.72. The summed E-state index contributed by atoms with van der Waals surface area (Å²) in [5.74, 6) is 1.44. The summed E-state index contributed by atoms with van der Waals surface area (Å²) in [7, 11) is 0. The monoisotopic (exact) mass is 439 g/mol. The van der Waals surface area contributed by atoms with Crippen molar-refractivity contribution < 1.29 is 9.53 Å². The van der Waals surface area contributed by atoms with Gasteiger partial charge in [-0.3, -0.25) is 4.79 Å². The first-order chi connectivity index (χ1) is 16.0. The first-order valence-corrected chi connectivity index (χ1v) is 11.2. The number of amides is 1. The van der Waals surface area contributed by atoms with E-state index in [4.69, 9.17) is 9.84 Å². The summed E-state index contributed by atoms with van der Waals surface area (Å²) in [6.45, 7) is 6.57. The van der Waals surface area contributed by atoms with Gasteiger partial charge in [-0.15, -0.1) is 0 Å². The number of hydrogen-bond acceptors (Lipinski definition) is 3. The molecule has 3 aromatic carbocycles. The van der Waals surface area contributed by atoms with E-state index in [1.807, 2.05) is 91.3 Å². The number of nitrogens with one attached hydrogen (secondary N) is 1. The van der Waals surface area contributed by atoms with Crippen LogP contribution in [0.5, 0.6) is 11.6 Å². The van der Waals surface area contributed by atoms with Crippen LogP contribution in [0.3, 0.4) is 0 Å². The molecule has 0 aliphatic rings. The van der Waals surface area contributed by atoms with Crippen LogP contribution in [0.2, 0.25) is 0 Å². The molecule has 0 atom stereocenters. The molecule has 4 rings (SSSR count). The van der Waals surface area contributed by atoms with Gasteiger partial charge in [0.15, 0.2) is 0 Å². The fraction of sp³-hybridized carbons (Fsp3) is 0.214. The van der Waals surface area contributed by atoms with Crippen molar-refractivity contribution in [3.05, 3.63) is 107 Å². The number of ether oxygens (including phenoxy) is 1. The van der Waals surface area contributed by atoms with Crippen molar-refractivity contribution in [1.82, 2.24) is 15.1 Å². The molecule has 0 saturated heterocycles. The highest BCUT2D eigenvalue weighted by Crippen LogP contribution is 2.33. The van der Waals surface area contributed by atoms with Gasteiger partial charge in [0.1, 0.15) is 5.75 Å². The molecule has 0 unspecified atom stereocenters. The summed E-state index contributed by atoms with van der Waals surface area (Å²) in [6, 6.07) is 25.9. The maximum atomic E-state index is 12.6. The normalized spacial score (nSPS) is 10.8. The molecule has 0 bridgehead atoms. The van der Waals surface area contributed by atoms with Crippen molar-refractivity contribution in [2.45, 2.75) is 40.2 Å². The molecule has 0 radical (unpaired) electrons. The van der Waals surface area contributed by atoms with Crippen LogP contribution in [0.15, 0.2) is 78.9 Å². The molecular formula is C28H29N3O2. The minimum atomic E-state index is 0.00346. The van der Waals surface area contributed by atoms with Crippen LogP contribution in [0.25, 0.3) is 5.69 Å². The fourth-order valence-corrected chi connectivity index (χ4v) is 3.79. The molecule has 1 heterocycles. The number of benzene rings is 3. The van der Waals surface area contributed by atoms with Gasteiger partial charge in [0, 0.05) is 18.5 Å². The highest BCUT2D eigenvalue weighted by molar-refractivity contribution is 5.76. The summed E-state index contributed by atoms with van der Waals surface area (Å²) in [6.07, 6.45) is 0.900. The smallest absolute Gasteiger partial charge is 0.226 e. The first-order valence-electron chi connectivity index (χ1n) is 11.2. The molecule has 0 saturated carbocycles. The zero-order valence-corrected chi connectivity index (χ0v) is 19.3. The summed E-state index contributed by atoms with van der Waals surface area (Å²) >= 11 is 0. The van der Waals surface area contributed by atoms with Crippen LogP contribution in [0.4, 0.5) is 0 Å². The lowest BCUT2D eigenvalue weighted by Crippen LogP contribution is -2.23. The van der Waals surface area contributed by atoms with E-state index in [2.05, 4.69) is 18.3 Å². The summed E-state index contributed by atoms with van der Waals surface area (Å²) in [5, 5.41) is 7.81. The van der Waals surface area contributed by atoms with Crippen molar-refractivity contribution in [2.75, 3.05) is 0 Å². The number of carbonyl (C=O) groups excluding carboxylic acids is 1. The topological polar surface area (TPSA) is 56.1 Å². The van der Waals surface area contributed by atoms with E-state index in [1.54, 1.807) is 0 Å². The third kappa shape index (κ3) is 5.32. The Morgan fingerprint density at radius 1 is 0.879 bits per heavy atom. The van der Waals surface area contributed by atoms with Crippen LogP contribution < -0.4 is 10.1 Å². The number of aromatic nitrogens is 2. The van der Waals surface area contributed by atoms with Crippen LogP contribution in [0.1, 0.15) is 34.4 Å². The number of aryl methyl sites for hydroxylation is 3. The molecule has 0 spiro atoms. The van der Waals surface area contributed by atoms with Crippen LogP contribution >= 0.6 is 0 Å². The number of rotatable bonds is 8. The summed E-state index contributed by atoms with van der Waals surface area (Å²) in [4.78, 5) is 12.6. The Bertz CT molecular complexity index is 1250. The van der Waals surface area contributed by atoms with E-state index in [0.29, 0.717) is 25.3 Å². The molecule has 5 nitrogen and oxygen atoms in total. The zero-order chi connectivity index (χ0) is 23.2. The average molecular weight is 440 g/mol. The molecule has 0 aliphatic carbocycles. The van der Waals surface area contributed by atoms with Gasteiger partial charge in [-0.2, -0.15) is 9.78 Å². The summed E-state index contributed by atoms with van der Waals surface area (Å²) < 4.78 is 8.29. The standard InChI is InChI=1S/C28H29N3O2/c1-20-11-7-9-15-25(20)31-28(33-26-16-10-8-12-21(26)2)24(22(3)30-31)17-18-27(32)29-19-23-13-5-4-6-14-23/h4-16H,17-19H2,1-3H3,(H,29,32). The average Bonchev–Trinajstić information content (AvgIpc) is 3.13. The van der Waals surface area contributed by atoms with Crippen LogP contribution in [-0.2, 0) is 17.8 Å². The number of para-hydroxylation sites is 2. The molecule has 1 aromatic heterocycles. The Morgan fingerprint density at radius 3 is 2.27 bits per heavy atom. The maximum absolute atomic E-state index is 12.6. The second-order valence-corrected chi connectivity index (χ2v) is 8.20. The lowest BCUT2D eigenvalue weighted by atomic mass is 10.1. The molecule has 1 N–H and O–H groups in total. The van der Waals surface area contributed by atoms with E-state index in [1.165, 1.54) is 0 Å². The Morgan fingerprint density at radius 2 is 1.55 bits per heavy atom. The van der Waals surface area contributed by atoms with Gasteiger partial charge in [-0.25, -0.2) is 0 Å². The maximum Gasteiger partial charge on any atom is 0.226 e. The Hall–Kier alpha value is -3.86. The van der Waals surface area contributed by atoms with Gasteiger partial charge >= 0.3 is 0 Å². The fourth-order valence-electron chi connectivity index (χ4n) is 3.79. The van der Waals surface area contributed by atoms with Crippen molar-refractivity contribution in [3.63, 3.8) is 0 Å². The molecule has 1 amide bonds. The lowest BCUT2D eigenvalue weighted by molar-refractivity contribution is -0.121. The Kier molecular flexibility index (Phi) is 6.89. The molecule has 168 valence electrons. The quantitative estimate of drug-likeness (QED) is 0.375. The molecule has 0 aliphatic heterocycles. The highest BCUT2D eigenvalue weighted by Gasteiger charge is 2.21.